The molecular formula is C44H23N3S2. The van der Waals surface area contributed by atoms with Crippen molar-refractivity contribution in [3.8, 4) is 40.1 Å². The highest BCUT2D eigenvalue weighted by molar-refractivity contribution is 7.29. The zero-order chi connectivity index (χ0) is 32.6. The molecule has 0 radical (unpaired) electrons. The second-order valence-corrected chi connectivity index (χ2v) is 14.4. The predicted octanol–water partition coefficient (Wildman–Crippen LogP) is 12.6. The fourth-order valence-electron chi connectivity index (χ4n) is 7.45. The standard InChI is InChI=1S/C44H23N3S2/c45-24-26-12-14-27(15-13-26)28-16-19-39-35(22-28)34-18-21-41-42(44(34)49-39)36-23-29(17-20-40(36)48-41)31-9-5-6-30(25-46)43(31)47-37-10-3-1-7-32(37)33-8-2-4-11-38(33)47/h1-23H. The van der Waals surface area contributed by atoms with Crippen molar-refractivity contribution in [2.24, 2.45) is 0 Å². The normalized spacial score (nSPS) is 11.6. The third-order valence-electron chi connectivity index (χ3n) is 9.69. The van der Waals surface area contributed by atoms with Gasteiger partial charge in [0.2, 0.25) is 0 Å². The van der Waals surface area contributed by atoms with Gasteiger partial charge < -0.3 is 4.57 Å². The zero-order valence-electron chi connectivity index (χ0n) is 25.9. The van der Waals surface area contributed by atoms with Crippen LogP contribution in [0.4, 0.5) is 0 Å². The lowest BCUT2D eigenvalue weighted by Gasteiger charge is -2.16. The summed E-state index contributed by atoms with van der Waals surface area (Å²) in [4.78, 5) is 0. The number of fused-ring (bicyclic) bond motifs is 10. The largest absolute Gasteiger partial charge is 0.307 e. The molecule has 0 saturated carbocycles. The lowest BCUT2D eigenvalue weighted by molar-refractivity contribution is 1.17. The van der Waals surface area contributed by atoms with Gasteiger partial charge in [0.25, 0.3) is 0 Å². The molecule has 0 atom stereocenters. The van der Waals surface area contributed by atoms with E-state index >= 15 is 0 Å². The first-order valence-corrected chi connectivity index (χ1v) is 17.7. The van der Waals surface area contributed by atoms with Crippen LogP contribution >= 0.6 is 22.7 Å². The first-order valence-electron chi connectivity index (χ1n) is 16.0. The Hall–Kier alpha value is -6.24. The van der Waals surface area contributed by atoms with Gasteiger partial charge in [0.15, 0.2) is 0 Å². The van der Waals surface area contributed by atoms with Crippen molar-refractivity contribution in [2.45, 2.75) is 0 Å². The molecule has 5 heteroatoms. The molecule has 0 fully saturated rings. The number of rotatable bonds is 3. The smallest absolute Gasteiger partial charge is 0.101 e. The second-order valence-electron chi connectivity index (χ2n) is 12.3. The van der Waals surface area contributed by atoms with Crippen LogP contribution in [0.1, 0.15) is 11.1 Å². The monoisotopic (exact) mass is 657 g/mol. The Kier molecular flexibility index (Phi) is 6.04. The summed E-state index contributed by atoms with van der Waals surface area (Å²) in [5.74, 6) is 0. The van der Waals surface area contributed by atoms with E-state index in [0.717, 1.165) is 39.0 Å². The predicted molar refractivity (Wildman–Crippen MR) is 207 cm³/mol. The highest BCUT2D eigenvalue weighted by Gasteiger charge is 2.20. The van der Waals surface area contributed by atoms with E-state index in [-0.39, 0.29) is 0 Å². The van der Waals surface area contributed by atoms with Gasteiger partial charge >= 0.3 is 0 Å². The second kappa shape index (κ2) is 10.6. The van der Waals surface area contributed by atoms with Crippen LogP contribution in [0.5, 0.6) is 0 Å². The molecule has 3 heterocycles. The van der Waals surface area contributed by atoms with Gasteiger partial charge in [0, 0.05) is 56.7 Å². The van der Waals surface area contributed by atoms with E-state index < -0.39 is 0 Å². The average Bonchev–Trinajstić information content (AvgIpc) is 3.83. The molecule has 10 aromatic rings. The van der Waals surface area contributed by atoms with Crippen LogP contribution in [0.25, 0.3) is 90.1 Å². The average molecular weight is 658 g/mol. The molecule has 10 rings (SSSR count). The Bertz CT molecular complexity index is 3020. The third kappa shape index (κ3) is 4.11. The Balaban J connectivity index is 1.21. The Morgan fingerprint density at radius 3 is 1.86 bits per heavy atom. The highest BCUT2D eigenvalue weighted by Crippen LogP contribution is 2.47. The van der Waals surface area contributed by atoms with Gasteiger partial charge in [-0.1, -0.05) is 78.9 Å². The lowest BCUT2D eigenvalue weighted by Crippen LogP contribution is -2.00. The minimum Gasteiger partial charge on any atom is -0.307 e. The fraction of sp³-hybridized carbons (Fsp3) is 0. The van der Waals surface area contributed by atoms with Gasteiger partial charge in [0.1, 0.15) is 6.07 Å². The number of thiophene rings is 2. The molecule has 226 valence electrons. The highest BCUT2D eigenvalue weighted by atomic mass is 32.1. The SMILES string of the molecule is N#Cc1ccc(-c2ccc3sc4c(ccc5sc6ccc(-c7cccc(C#N)c7-n7c8ccccc8c8ccccc87)cc6c54)c3c2)cc1. The van der Waals surface area contributed by atoms with Crippen LogP contribution < -0.4 is 0 Å². The zero-order valence-corrected chi connectivity index (χ0v) is 27.6. The number of nitriles is 2. The molecule has 0 amide bonds. The van der Waals surface area contributed by atoms with Crippen LogP contribution in [0.15, 0.2) is 140 Å². The first-order chi connectivity index (χ1) is 24.2. The van der Waals surface area contributed by atoms with E-state index in [1.807, 2.05) is 59.1 Å². The maximum Gasteiger partial charge on any atom is 0.101 e. The van der Waals surface area contributed by atoms with Crippen LogP contribution in [-0.2, 0) is 0 Å². The van der Waals surface area contributed by atoms with E-state index in [4.69, 9.17) is 0 Å². The molecular weight excluding hydrogens is 635 g/mol. The summed E-state index contributed by atoms with van der Waals surface area (Å²) in [7, 11) is 0. The van der Waals surface area contributed by atoms with Crippen molar-refractivity contribution in [2.75, 3.05) is 0 Å². The lowest BCUT2D eigenvalue weighted by atomic mass is 9.97. The van der Waals surface area contributed by atoms with E-state index in [2.05, 4.69) is 120 Å². The molecule has 0 saturated heterocycles. The minimum atomic E-state index is 0.643. The summed E-state index contributed by atoms with van der Waals surface area (Å²) in [6.45, 7) is 0. The fourth-order valence-corrected chi connectivity index (χ4v) is 9.85. The van der Waals surface area contributed by atoms with Crippen LogP contribution in [0.3, 0.4) is 0 Å². The molecule has 0 aliphatic heterocycles. The van der Waals surface area contributed by atoms with Crippen LogP contribution in [0, 0.1) is 22.7 Å². The van der Waals surface area contributed by atoms with Crippen LogP contribution in [-0.4, -0.2) is 4.57 Å². The van der Waals surface area contributed by atoms with Gasteiger partial charge in [-0.25, -0.2) is 0 Å². The van der Waals surface area contributed by atoms with Crippen molar-refractivity contribution in [3.05, 3.63) is 151 Å². The van der Waals surface area contributed by atoms with Gasteiger partial charge in [-0.2, -0.15) is 10.5 Å². The van der Waals surface area contributed by atoms with E-state index in [0.29, 0.717) is 11.1 Å². The van der Waals surface area contributed by atoms with Crippen molar-refractivity contribution in [1.29, 1.82) is 10.5 Å². The molecule has 0 spiro atoms. The Morgan fingerprint density at radius 2 is 1.12 bits per heavy atom. The van der Waals surface area contributed by atoms with Crippen molar-refractivity contribution in [1.82, 2.24) is 4.57 Å². The molecule has 3 nitrogen and oxygen atoms in total. The maximum absolute atomic E-state index is 10.4. The van der Waals surface area contributed by atoms with Crippen molar-refractivity contribution < 1.29 is 0 Å². The first kappa shape index (κ1) is 27.8. The molecule has 0 unspecified atom stereocenters. The minimum absolute atomic E-state index is 0.643. The number of aromatic nitrogens is 1. The molecule has 0 N–H and O–H groups in total. The van der Waals surface area contributed by atoms with Gasteiger partial charge in [-0.05, 0) is 77.4 Å². The summed E-state index contributed by atoms with van der Waals surface area (Å²) in [5.41, 5.74) is 8.75. The molecule has 49 heavy (non-hydrogen) atoms. The molecule has 0 aliphatic carbocycles. The maximum atomic E-state index is 10.4. The quantitative estimate of drug-likeness (QED) is 0.190. The summed E-state index contributed by atoms with van der Waals surface area (Å²) in [6.07, 6.45) is 0. The van der Waals surface area contributed by atoms with E-state index in [1.165, 1.54) is 51.1 Å². The summed E-state index contributed by atoms with van der Waals surface area (Å²) < 4.78 is 7.33. The molecule has 0 aliphatic rings. The van der Waals surface area contributed by atoms with E-state index in [1.54, 1.807) is 0 Å². The third-order valence-corrected chi connectivity index (χ3v) is 12.0. The van der Waals surface area contributed by atoms with E-state index in [9.17, 15) is 10.5 Å². The van der Waals surface area contributed by atoms with Gasteiger partial charge in [-0.3, -0.25) is 0 Å². The number of para-hydroxylation sites is 3. The van der Waals surface area contributed by atoms with Crippen LogP contribution in [0.2, 0.25) is 0 Å². The summed E-state index contributed by atoms with van der Waals surface area (Å²) >= 11 is 3.68. The van der Waals surface area contributed by atoms with Gasteiger partial charge in [-0.15, -0.1) is 22.7 Å². The summed E-state index contributed by atoms with van der Waals surface area (Å²) in [6, 6.07) is 53.5. The Morgan fingerprint density at radius 1 is 0.469 bits per heavy atom. The van der Waals surface area contributed by atoms with Gasteiger partial charge in [0.05, 0.1) is 33.9 Å². The number of benzene rings is 7. The number of hydrogen-bond acceptors (Lipinski definition) is 4. The van der Waals surface area contributed by atoms with Crippen molar-refractivity contribution in [3.63, 3.8) is 0 Å². The molecule has 3 aromatic heterocycles. The summed E-state index contributed by atoms with van der Waals surface area (Å²) in [5, 5.41) is 27.1. The molecule has 7 aromatic carbocycles. The van der Waals surface area contributed by atoms with Crippen molar-refractivity contribution >= 4 is 84.8 Å². The number of nitrogens with zero attached hydrogens (tertiary/aromatic N) is 3. The Labute approximate surface area is 289 Å². The number of hydrogen-bond donors (Lipinski definition) is 0. The topological polar surface area (TPSA) is 52.5 Å². The molecule has 0 bridgehead atoms.